The number of carbonyl (C=O) groups is 1. The molecule has 0 aliphatic heterocycles. The fourth-order valence-corrected chi connectivity index (χ4v) is 5.10. The van der Waals surface area contributed by atoms with Gasteiger partial charge in [0.1, 0.15) is 11.5 Å². The Labute approximate surface area is 189 Å². The number of phenolic OH excluding ortho intramolecular Hbond substituents is 1. The van der Waals surface area contributed by atoms with Crippen LogP contribution in [0.5, 0.6) is 11.5 Å². The maximum Gasteiger partial charge on any atom is 0.344 e. The molecule has 0 aliphatic rings. The Hall–Kier alpha value is -2.72. The Morgan fingerprint density at radius 1 is 0.839 bits per heavy atom. The van der Waals surface area contributed by atoms with Gasteiger partial charge in [-0.3, -0.25) is 0 Å². The molecule has 0 aliphatic carbocycles. The summed E-state index contributed by atoms with van der Waals surface area (Å²) < 4.78 is 5.97. The zero-order valence-corrected chi connectivity index (χ0v) is 20.2. The van der Waals surface area contributed by atoms with Crippen molar-refractivity contribution in [1.29, 1.82) is 0 Å². The Bertz CT molecular complexity index is 1120. The molecule has 3 aromatic carbocycles. The molecule has 0 amide bonds. The second kappa shape index (κ2) is 9.19. The second-order valence-corrected chi connectivity index (χ2v) is 9.15. The van der Waals surface area contributed by atoms with Crippen LogP contribution in [-0.2, 0) is 5.75 Å². The molecule has 0 heterocycles. The van der Waals surface area contributed by atoms with Crippen molar-refractivity contribution >= 4 is 17.7 Å². The average molecular weight is 435 g/mol. The Balaban J connectivity index is 1.95. The minimum atomic E-state index is -0.382. The lowest BCUT2D eigenvalue weighted by molar-refractivity contribution is 0.0730. The molecule has 0 spiro atoms. The average Bonchev–Trinajstić information content (AvgIpc) is 2.74. The fourth-order valence-electron chi connectivity index (χ4n) is 3.86. The van der Waals surface area contributed by atoms with Crippen molar-refractivity contribution in [3.63, 3.8) is 0 Å². The van der Waals surface area contributed by atoms with Crippen molar-refractivity contribution < 1.29 is 14.6 Å². The summed E-state index contributed by atoms with van der Waals surface area (Å²) in [6.45, 7) is 13.7. The zero-order chi connectivity index (χ0) is 22.9. The Morgan fingerprint density at radius 3 is 2.00 bits per heavy atom. The van der Waals surface area contributed by atoms with Crippen LogP contribution in [0.3, 0.4) is 0 Å². The molecule has 1 N–H and O–H groups in total. The largest absolute Gasteiger partial charge is 0.508 e. The standard InChI is InChI=1S/C27H30O3S/c1-15-13-23(28)16(2)17(3)24(15)27(29)30-25-18(4)20(6)26(21(7)19(25)5)31-14-22-11-9-8-10-12-22/h8-13,28H,14H2,1-7H3. The van der Waals surface area contributed by atoms with Crippen molar-refractivity contribution in [2.75, 3.05) is 0 Å². The highest BCUT2D eigenvalue weighted by Gasteiger charge is 2.22. The van der Waals surface area contributed by atoms with Crippen molar-refractivity contribution in [3.05, 3.63) is 86.5 Å². The number of aryl methyl sites for hydroxylation is 1. The summed E-state index contributed by atoms with van der Waals surface area (Å²) in [6.07, 6.45) is 0. The molecule has 3 aromatic rings. The summed E-state index contributed by atoms with van der Waals surface area (Å²) in [4.78, 5) is 14.4. The predicted molar refractivity (Wildman–Crippen MR) is 129 cm³/mol. The lowest BCUT2D eigenvalue weighted by atomic mass is 9.97. The minimum absolute atomic E-state index is 0.199. The second-order valence-electron chi connectivity index (χ2n) is 8.16. The number of carbonyl (C=O) groups excluding carboxylic acids is 1. The van der Waals surface area contributed by atoms with E-state index < -0.39 is 0 Å². The van der Waals surface area contributed by atoms with Gasteiger partial charge in [0.2, 0.25) is 0 Å². The SMILES string of the molecule is Cc1cc(O)c(C)c(C)c1C(=O)Oc1c(C)c(C)c(SCc2ccccc2)c(C)c1C. The number of ether oxygens (including phenoxy) is 1. The number of phenols is 1. The van der Waals surface area contributed by atoms with E-state index >= 15 is 0 Å². The molecule has 0 atom stereocenters. The first kappa shape index (κ1) is 23.0. The van der Waals surface area contributed by atoms with E-state index in [-0.39, 0.29) is 11.7 Å². The first-order chi connectivity index (χ1) is 14.6. The minimum Gasteiger partial charge on any atom is -0.508 e. The molecule has 0 aromatic heterocycles. The molecular weight excluding hydrogens is 404 g/mol. The third-order valence-corrected chi connectivity index (χ3v) is 7.56. The summed E-state index contributed by atoms with van der Waals surface area (Å²) in [7, 11) is 0. The van der Waals surface area contributed by atoms with Crippen molar-refractivity contribution in [2.24, 2.45) is 0 Å². The smallest absolute Gasteiger partial charge is 0.344 e. The van der Waals surface area contributed by atoms with E-state index in [2.05, 4.69) is 38.1 Å². The summed E-state index contributed by atoms with van der Waals surface area (Å²) in [6, 6.07) is 12.0. The van der Waals surface area contributed by atoms with Gasteiger partial charge in [-0.2, -0.15) is 0 Å². The van der Waals surface area contributed by atoms with Crippen LogP contribution in [0.4, 0.5) is 0 Å². The molecule has 4 heteroatoms. The van der Waals surface area contributed by atoms with Crippen LogP contribution < -0.4 is 4.74 Å². The summed E-state index contributed by atoms with van der Waals surface area (Å²) in [5.41, 5.74) is 8.22. The van der Waals surface area contributed by atoms with E-state index in [0.29, 0.717) is 22.4 Å². The number of thioether (sulfide) groups is 1. The van der Waals surface area contributed by atoms with Crippen LogP contribution in [0.15, 0.2) is 41.3 Å². The quantitative estimate of drug-likeness (QED) is 0.265. The van der Waals surface area contributed by atoms with Crippen LogP contribution in [0.1, 0.15) is 54.9 Å². The van der Waals surface area contributed by atoms with Gasteiger partial charge in [0.25, 0.3) is 0 Å². The van der Waals surface area contributed by atoms with Gasteiger partial charge in [-0.25, -0.2) is 4.79 Å². The van der Waals surface area contributed by atoms with E-state index in [4.69, 9.17) is 4.74 Å². The van der Waals surface area contributed by atoms with Gasteiger partial charge >= 0.3 is 5.97 Å². The topological polar surface area (TPSA) is 46.5 Å². The van der Waals surface area contributed by atoms with Crippen LogP contribution in [0.2, 0.25) is 0 Å². The van der Waals surface area contributed by atoms with Crippen LogP contribution in [0.25, 0.3) is 0 Å². The first-order valence-corrected chi connectivity index (χ1v) is 11.4. The number of aromatic hydroxyl groups is 1. The van der Waals surface area contributed by atoms with Gasteiger partial charge in [0.05, 0.1) is 5.56 Å². The molecule has 0 saturated carbocycles. The van der Waals surface area contributed by atoms with Crippen molar-refractivity contribution in [1.82, 2.24) is 0 Å². The highest BCUT2D eigenvalue weighted by molar-refractivity contribution is 7.98. The van der Waals surface area contributed by atoms with Crippen LogP contribution in [0, 0.1) is 48.5 Å². The predicted octanol–water partition coefficient (Wildman–Crippen LogP) is 7.06. The normalized spacial score (nSPS) is 10.9. The Morgan fingerprint density at radius 2 is 1.42 bits per heavy atom. The van der Waals surface area contributed by atoms with Gasteiger partial charge < -0.3 is 9.84 Å². The molecule has 162 valence electrons. The number of rotatable bonds is 5. The van der Waals surface area contributed by atoms with Gasteiger partial charge in [0, 0.05) is 10.6 Å². The Kier molecular flexibility index (Phi) is 6.80. The maximum absolute atomic E-state index is 13.1. The lowest BCUT2D eigenvalue weighted by Gasteiger charge is -2.21. The molecule has 0 bridgehead atoms. The number of benzene rings is 3. The van der Waals surface area contributed by atoms with Crippen LogP contribution >= 0.6 is 11.8 Å². The first-order valence-electron chi connectivity index (χ1n) is 10.4. The third-order valence-electron chi connectivity index (χ3n) is 6.18. The van der Waals surface area contributed by atoms with Gasteiger partial charge in [0.15, 0.2) is 0 Å². The molecule has 3 rings (SSSR count). The summed E-state index contributed by atoms with van der Waals surface area (Å²) >= 11 is 1.82. The van der Waals surface area contributed by atoms with Gasteiger partial charge in [-0.1, -0.05) is 30.3 Å². The number of esters is 1. The fraction of sp³-hybridized carbons (Fsp3) is 0.296. The lowest BCUT2D eigenvalue weighted by Crippen LogP contribution is -2.15. The van der Waals surface area contributed by atoms with Gasteiger partial charge in [-0.05, 0) is 99.0 Å². The van der Waals surface area contributed by atoms with E-state index in [1.807, 2.05) is 52.4 Å². The highest BCUT2D eigenvalue weighted by Crippen LogP contribution is 2.39. The van der Waals surface area contributed by atoms with E-state index in [9.17, 15) is 9.90 Å². The summed E-state index contributed by atoms with van der Waals surface area (Å²) in [5.74, 6) is 1.35. The number of hydrogen-bond donors (Lipinski definition) is 1. The van der Waals surface area contributed by atoms with Crippen molar-refractivity contribution in [2.45, 2.75) is 59.1 Å². The maximum atomic E-state index is 13.1. The zero-order valence-electron chi connectivity index (χ0n) is 19.3. The van der Waals surface area contributed by atoms with E-state index in [0.717, 1.165) is 33.6 Å². The molecule has 31 heavy (non-hydrogen) atoms. The molecular formula is C27H30O3S. The molecule has 0 radical (unpaired) electrons. The molecule has 0 unspecified atom stereocenters. The number of hydrogen-bond acceptors (Lipinski definition) is 4. The third kappa shape index (κ3) is 4.49. The van der Waals surface area contributed by atoms with E-state index in [1.54, 1.807) is 6.07 Å². The molecule has 0 saturated heterocycles. The highest BCUT2D eigenvalue weighted by atomic mass is 32.2. The van der Waals surface area contributed by atoms with E-state index in [1.165, 1.54) is 10.5 Å². The van der Waals surface area contributed by atoms with Crippen molar-refractivity contribution in [3.8, 4) is 11.5 Å². The van der Waals surface area contributed by atoms with Gasteiger partial charge in [-0.15, -0.1) is 11.8 Å². The van der Waals surface area contributed by atoms with Crippen LogP contribution in [-0.4, -0.2) is 11.1 Å². The monoisotopic (exact) mass is 434 g/mol. The summed E-state index contributed by atoms with van der Waals surface area (Å²) in [5, 5.41) is 10.0. The molecule has 0 fully saturated rings. The molecule has 3 nitrogen and oxygen atoms in total.